The van der Waals surface area contributed by atoms with Crippen LogP contribution in [0.5, 0.6) is 0 Å². The molecule has 0 N–H and O–H groups in total. The first-order chi connectivity index (χ1) is 17.3. The Hall–Kier alpha value is -3.03. The number of methoxy groups -OCH3 is 1. The third-order valence-electron chi connectivity index (χ3n) is 5.77. The molecule has 2 heterocycles. The van der Waals surface area contributed by atoms with Crippen LogP contribution >= 0.6 is 13.5 Å². The maximum Gasteiger partial charge on any atom is 0.133 e. The summed E-state index contributed by atoms with van der Waals surface area (Å²) in [7, 11) is 1.63. The van der Waals surface area contributed by atoms with Crippen LogP contribution in [0.2, 0.25) is 0 Å². The fourth-order valence-corrected chi connectivity index (χ4v) is 3.92. The summed E-state index contributed by atoms with van der Waals surface area (Å²) >= 11 is 0. The first-order valence-electron chi connectivity index (χ1n) is 12.4. The van der Waals surface area contributed by atoms with E-state index in [-0.39, 0.29) is 31.0 Å². The molecule has 4 rings (SSSR count). The van der Waals surface area contributed by atoms with Crippen LogP contribution in [0, 0.1) is 11.6 Å². The van der Waals surface area contributed by atoms with E-state index < -0.39 is 11.6 Å². The molecule has 0 amide bonds. The summed E-state index contributed by atoms with van der Waals surface area (Å²) in [6.07, 6.45) is 2.13. The number of aryl methyl sites for hydroxylation is 1. The van der Waals surface area contributed by atoms with Gasteiger partial charge in [0.05, 0.1) is 23.3 Å². The molecule has 0 radical (unpaired) electrons. The van der Waals surface area contributed by atoms with Crippen LogP contribution < -0.4 is 0 Å². The number of aromatic nitrogens is 3. The summed E-state index contributed by atoms with van der Waals surface area (Å²) in [5.74, 6) is -0.336. The molecule has 0 fully saturated rings. The van der Waals surface area contributed by atoms with Crippen molar-refractivity contribution in [2.45, 2.75) is 53.5 Å². The number of hydrogen-bond acceptors (Lipinski definition) is 3. The minimum Gasteiger partial charge on any atom is -0.383 e. The van der Waals surface area contributed by atoms with Gasteiger partial charge in [-0.2, -0.15) is 13.5 Å². The Morgan fingerprint density at radius 3 is 2.38 bits per heavy atom. The number of hydrogen-bond donors (Lipinski definition) is 0. The van der Waals surface area contributed by atoms with Crippen molar-refractivity contribution in [2.75, 3.05) is 13.7 Å². The van der Waals surface area contributed by atoms with E-state index in [1.54, 1.807) is 13.2 Å². The van der Waals surface area contributed by atoms with E-state index in [4.69, 9.17) is 9.72 Å². The van der Waals surface area contributed by atoms with Crippen molar-refractivity contribution in [3.05, 3.63) is 89.4 Å². The number of fused-ring (bicyclic) bond motifs is 1. The quantitative estimate of drug-likeness (QED) is 0.236. The molecule has 0 saturated heterocycles. The standard InChI is InChI=1S/C27H27F2N3O.C3H8.H2S/c1-5-20-7-6-8-24(30-20)21-16-22(28)19(13-23(21)29)15-27-31-25-10-9-18(17(2)3)14-26(25)32(27)11-12-33-4;1-3-2;/h6-10,13-14,16H,2,5,11-12,15H2,1,3-4H3;3H2,1-2H3;1H2. The molecule has 0 atom stereocenters. The molecule has 0 aliphatic rings. The molecular formula is C30H37F2N3OS. The van der Waals surface area contributed by atoms with Gasteiger partial charge in [-0.1, -0.05) is 51.5 Å². The summed E-state index contributed by atoms with van der Waals surface area (Å²) in [5, 5.41) is 0. The van der Waals surface area contributed by atoms with Crippen molar-refractivity contribution in [1.29, 1.82) is 0 Å². The highest BCUT2D eigenvalue weighted by atomic mass is 32.1. The number of halogens is 2. The first kappa shape index (κ1) is 30.2. The third-order valence-corrected chi connectivity index (χ3v) is 5.77. The molecule has 198 valence electrons. The highest BCUT2D eigenvalue weighted by Crippen LogP contribution is 2.28. The molecule has 0 spiro atoms. The van der Waals surface area contributed by atoms with E-state index in [0.717, 1.165) is 34.3 Å². The maximum absolute atomic E-state index is 15.1. The number of allylic oxidation sites excluding steroid dienone is 1. The van der Waals surface area contributed by atoms with Crippen LogP contribution in [-0.2, 0) is 24.1 Å². The normalized spacial score (nSPS) is 10.6. The average molecular weight is 526 g/mol. The lowest BCUT2D eigenvalue weighted by molar-refractivity contribution is 0.187. The van der Waals surface area contributed by atoms with E-state index in [1.165, 1.54) is 18.6 Å². The summed E-state index contributed by atoms with van der Waals surface area (Å²) in [6, 6.07) is 13.8. The SMILES string of the molecule is C=C(C)c1ccc2nc(Cc3cc(F)c(-c4cccc(CC)n4)cc3F)n(CCOC)c2c1.CCC.S. The van der Waals surface area contributed by atoms with Crippen molar-refractivity contribution in [2.24, 2.45) is 0 Å². The van der Waals surface area contributed by atoms with Gasteiger partial charge in [-0.25, -0.2) is 13.8 Å². The Balaban J connectivity index is 0.00000115. The van der Waals surface area contributed by atoms with Gasteiger partial charge < -0.3 is 9.30 Å². The van der Waals surface area contributed by atoms with Crippen LogP contribution in [0.15, 0.2) is 55.1 Å². The number of benzene rings is 2. The molecule has 7 heteroatoms. The number of imidazole rings is 1. The van der Waals surface area contributed by atoms with Crippen molar-refractivity contribution >= 4 is 30.1 Å². The second-order valence-electron chi connectivity index (χ2n) is 8.83. The van der Waals surface area contributed by atoms with E-state index in [1.807, 2.05) is 48.7 Å². The Kier molecular flexibility index (Phi) is 11.5. The highest BCUT2D eigenvalue weighted by molar-refractivity contribution is 7.59. The predicted octanol–water partition coefficient (Wildman–Crippen LogP) is 7.74. The van der Waals surface area contributed by atoms with Crippen LogP contribution in [0.1, 0.15) is 56.8 Å². The lowest BCUT2D eigenvalue weighted by atomic mass is 10.0. The molecule has 2 aromatic heterocycles. The largest absolute Gasteiger partial charge is 0.383 e. The highest BCUT2D eigenvalue weighted by Gasteiger charge is 2.17. The summed E-state index contributed by atoms with van der Waals surface area (Å²) in [6.45, 7) is 13.2. The number of ether oxygens (including phenoxy) is 1. The van der Waals surface area contributed by atoms with E-state index >= 15 is 8.78 Å². The van der Waals surface area contributed by atoms with Gasteiger partial charge in [-0.05, 0) is 60.9 Å². The smallest absolute Gasteiger partial charge is 0.133 e. The predicted molar refractivity (Wildman–Crippen MR) is 154 cm³/mol. The van der Waals surface area contributed by atoms with Crippen LogP contribution in [0.3, 0.4) is 0 Å². The molecule has 4 nitrogen and oxygen atoms in total. The van der Waals surface area contributed by atoms with Crippen molar-refractivity contribution in [3.8, 4) is 11.3 Å². The Labute approximate surface area is 225 Å². The zero-order valence-corrected chi connectivity index (χ0v) is 23.4. The van der Waals surface area contributed by atoms with Crippen LogP contribution in [0.25, 0.3) is 27.9 Å². The lowest BCUT2D eigenvalue weighted by Gasteiger charge is -2.11. The van der Waals surface area contributed by atoms with Gasteiger partial charge in [0.2, 0.25) is 0 Å². The summed E-state index contributed by atoms with van der Waals surface area (Å²) in [4.78, 5) is 9.14. The average Bonchev–Trinajstić information content (AvgIpc) is 3.21. The van der Waals surface area contributed by atoms with Gasteiger partial charge in [-0.3, -0.25) is 4.98 Å². The van der Waals surface area contributed by atoms with Crippen molar-refractivity contribution < 1.29 is 13.5 Å². The zero-order chi connectivity index (χ0) is 26.2. The number of pyridine rings is 1. The van der Waals surface area contributed by atoms with Gasteiger partial charge in [-0.15, -0.1) is 0 Å². The molecule has 0 aliphatic heterocycles. The van der Waals surface area contributed by atoms with Crippen LogP contribution in [0.4, 0.5) is 8.78 Å². The van der Waals surface area contributed by atoms with Gasteiger partial charge in [0.1, 0.15) is 17.5 Å². The van der Waals surface area contributed by atoms with Gasteiger partial charge in [0.25, 0.3) is 0 Å². The number of rotatable bonds is 8. The minimum atomic E-state index is -0.503. The van der Waals surface area contributed by atoms with Crippen LogP contribution in [-0.4, -0.2) is 28.3 Å². The second-order valence-corrected chi connectivity index (χ2v) is 8.83. The molecule has 0 saturated carbocycles. The fourth-order valence-electron chi connectivity index (χ4n) is 3.92. The Bertz CT molecular complexity index is 1350. The summed E-state index contributed by atoms with van der Waals surface area (Å²) in [5.41, 5.74) is 5.33. The first-order valence-corrected chi connectivity index (χ1v) is 12.4. The molecule has 2 aromatic carbocycles. The summed E-state index contributed by atoms with van der Waals surface area (Å²) < 4.78 is 37.4. The molecule has 37 heavy (non-hydrogen) atoms. The topological polar surface area (TPSA) is 39.9 Å². The van der Waals surface area contributed by atoms with Gasteiger partial charge in [0.15, 0.2) is 0 Å². The fraction of sp³-hybridized carbons (Fsp3) is 0.333. The third kappa shape index (κ3) is 7.27. The monoisotopic (exact) mass is 525 g/mol. The lowest BCUT2D eigenvalue weighted by Crippen LogP contribution is -2.10. The maximum atomic E-state index is 15.1. The Morgan fingerprint density at radius 2 is 1.73 bits per heavy atom. The zero-order valence-electron chi connectivity index (χ0n) is 22.4. The molecule has 0 aliphatic carbocycles. The Morgan fingerprint density at radius 1 is 1.00 bits per heavy atom. The molecule has 4 aromatic rings. The van der Waals surface area contributed by atoms with Gasteiger partial charge >= 0.3 is 0 Å². The second kappa shape index (κ2) is 14.1. The minimum absolute atomic E-state index is 0. The molecular weight excluding hydrogens is 488 g/mol. The van der Waals surface area contributed by atoms with E-state index in [0.29, 0.717) is 24.7 Å². The van der Waals surface area contributed by atoms with Crippen molar-refractivity contribution in [1.82, 2.24) is 14.5 Å². The van der Waals surface area contributed by atoms with E-state index in [9.17, 15) is 0 Å². The number of nitrogens with zero attached hydrogens (tertiary/aromatic N) is 3. The van der Waals surface area contributed by atoms with Gasteiger partial charge in [0, 0.05) is 31.3 Å². The van der Waals surface area contributed by atoms with Crippen molar-refractivity contribution in [3.63, 3.8) is 0 Å². The van der Waals surface area contributed by atoms with E-state index in [2.05, 4.69) is 25.4 Å². The molecule has 0 bridgehead atoms. The molecule has 0 unspecified atom stereocenters.